The smallest absolute Gasteiger partial charge is 0.334 e. The van der Waals surface area contributed by atoms with E-state index in [-0.39, 0.29) is 50.6 Å². The lowest BCUT2D eigenvalue weighted by Crippen LogP contribution is -2.76. The normalized spacial score (nSPS) is 21.1. The van der Waals surface area contributed by atoms with Gasteiger partial charge < -0.3 is 31.3 Å². The number of alkyl halides is 1. The summed E-state index contributed by atoms with van der Waals surface area (Å²) in [7, 11) is 0. The SMILES string of the molecule is NCCC[C@H]1C(=O)N(CCOCN)C[C@H]2N1C(=O)CN(CI)N2C(=O)NCc1ccc(F)cc1. The molecule has 0 unspecified atom stereocenters. The molecule has 2 heterocycles. The van der Waals surface area contributed by atoms with Crippen molar-refractivity contribution >= 4 is 40.4 Å². The molecule has 188 valence electrons. The van der Waals surface area contributed by atoms with Crippen LogP contribution < -0.4 is 16.8 Å². The summed E-state index contributed by atoms with van der Waals surface area (Å²) < 4.78 is 18.8. The lowest BCUT2D eigenvalue weighted by Gasteiger charge is -2.54. The lowest BCUT2D eigenvalue weighted by atomic mass is 10.0. The predicted octanol–water partition coefficient (Wildman–Crippen LogP) is -0.00240. The van der Waals surface area contributed by atoms with Crippen LogP contribution in [0.25, 0.3) is 0 Å². The van der Waals surface area contributed by atoms with Crippen LogP contribution in [0.2, 0.25) is 0 Å². The summed E-state index contributed by atoms with van der Waals surface area (Å²) in [5.41, 5.74) is 11.8. The van der Waals surface area contributed by atoms with E-state index in [9.17, 15) is 18.8 Å². The van der Waals surface area contributed by atoms with Crippen molar-refractivity contribution in [1.29, 1.82) is 0 Å². The van der Waals surface area contributed by atoms with Gasteiger partial charge in [-0.25, -0.2) is 14.2 Å². The maximum atomic E-state index is 13.3. The molecule has 13 heteroatoms. The maximum Gasteiger partial charge on any atom is 0.334 e. The van der Waals surface area contributed by atoms with E-state index in [4.69, 9.17) is 16.2 Å². The zero-order chi connectivity index (χ0) is 24.7. The number of benzene rings is 1. The first-order chi connectivity index (χ1) is 16.4. The number of ether oxygens (including phenoxy) is 1. The monoisotopic (exact) mass is 591 g/mol. The molecule has 2 aliphatic rings. The number of hydrazine groups is 1. The number of piperazine rings is 1. The van der Waals surface area contributed by atoms with Gasteiger partial charge in [-0.2, -0.15) is 5.01 Å². The van der Waals surface area contributed by atoms with Crippen molar-refractivity contribution < 1.29 is 23.5 Å². The number of rotatable bonds is 10. The number of hydrogen-bond acceptors (Lipinski definition) is 7. The van der Waals surface area contributed by atoms with Crippen LogP contribution in [0, 0.1) is 5.82 Å². The summed E-state index contributed by atoms with van der Waals surface area (Å²) in [6.07, 6.45) is 0.288. The minimum absolute atomic E-state index is 0.0217. The first kappa shape index (κ1) is 26.5. The van der Waals surface area contributed by atoms with Gasteiger partial charge in [0.1, 0.15) is 18.0 Å². The van der Waals surface area contributed by atoms with Crippen molar-refractivity contribution in [2.24, 2.45) is 11.5 Å². The Balaban J connectivity index is 1.84. The molecule has 0 radical (unpaired) electrons. The molecule has 1 aromatic carbocycles. The molecule has 5 N–H and O–H groups in total. The van der Waals surface area contributed by atoms with Crippen LogP contribution in [-0.4, -0.2) is 93.9 Å². The Kier molecular flexibility index (Phi) is 9.82. The molecule has 0 aromatic heterocycles. The third-order valence-electron chi connectivity index (χ3n) is 5.84. The Hall–Kier alpha value is -2.07. The standard InChI is InChI=1S/C21H31FIN7O4/c22-16-5-3-15(4-6-16)10-26-21(33)30-18-11-27(8-9-34-14-25)20(32)17(2-1-7-24)29(18)19(31)12-28(30)13-23/h3-6,17-18H,1-2,7-14,24-25H2,(H,26,33)/t17-,18-/m0/s1. The summed E-state index contributed by atoms with van der Waals surface area (Å²) in [4.78, 5) is 42.8. The van der Waals surface area contributed by atoms with Gasteiger partial charge in [0.2, 0.25) is 11.8 Å². The summed E-state index contributed by atoms with van der Waals surface area (Å²) in [6, 6.07) is 4.73. The van der Waals surface area contributed by atoms with E-state index in [1.165, 1.54) is 22.0 Å². The Bertz CT molecular complexity index is 862. The van der Waals surface area contributed by atoms with Crippen molar-refractivity contribution in [2.75, 3.05) is 44.1 Å². The van der Waals surface area contributed by atoms with E-state index < -0.39 is 18.2 Å². The molecule has 11 nitrogen and oxygen atoms in total. The Morgan fingerprint density at radius 3 is 2.62 bits per heavy atom. The van der Waals surface area contributed by atoms with Gasteiger partial charge in [-0.15, -0.1) is 0 Å². The van der Waals surface area contributed by atoms with E-state index in [1.807, 2.05) is 0 Å². The second kappa shape index (κ2) is 12.6. The number of amides is 4. The van der Waals surface area contributed by atoms with Gasteiger partial charge in [-0.05, 0) is 37.1 Å². The van der Waals surface area contributed by atoms with Crippen molar-refractivity contribution in [3.05, 3.63) is 35.6 Å². The molecule has 34 heavy (non-hydrogen) atoms. The Morgan fingerprint density at radius 2 is 1.97 bits per heavy atom. The topological polar surface area (TPSA) is 137 Å². The molecule has 2 saturated heterocycles. The number of halogens is 2. The second-order valence-electron chi connectivity index (χ2n) is 8.00. The van der Waals surface area contributed by atoms with Gasteiger partial charge in [0.25, 0.3) is 0 Å². The maximum absolute atomic E-state index is 13.3. The third kappa shape index (κ3) is 6.13. The quantitative estimate of drug-likeness (QED) is 0.115. The highest BCUT2D eigenvalue weighted by atomic mass is 127. The van der Waals surface area contributed by atoms with E-state index in [1.54, 1.807) is 22.0 Å². The molecule has 3 rings (SSSR count). The minimum atomic E-state index is -0.712. The van der Waals surface area contributed by atoms with E-state index in [0.717, 1.165) is 5.56 Å². The van der Waals surface area contributed by atoms with Crippen molar-refractivity contribution in [3.63, 3.8) is 0 Å². The highest BCUT2D eigenvalue weighted by Gasteiger charge is 2.50. The van der Waals surface area contributed by atoms with Gasteiger partial charge in [0.05, 0.1) is 31.0 Å². The average Bonchev–Trinajstić information content (AvgIpc) is 2.83. The first-order valence-corrected chi connectivity index (χ1v) is 12.6. The van der Waals surface area contributed by atoms with Crippen LogP contribution in [0.3, 0.4) is 0 Å². The average molecular weight is 591 g/mol. The summed E-state index contributed by atoms with van der Waals surface area (Å²) in [5.74, 6) is -0.754. The molecule has 2 fully saturated rings. The largest absolute Gasteiger partial charge is 0.365 e. The summed E-state index contributed by atoms with van der Waals surface area (Å²) >= 11 is 2.10. The van der Waals surface area contributed by atoms with Gasteiger partial charge in [-0.3, -0.25) is 9.59 Å². The van der Waals surface area contributed by atoms with E-state index >= 15 is 0 Å². The fraction of sp³-hybridized carbons (Fsp3) is 0.571. The number of nitrogens with two attached hydrogens (primary N) is 2. The first-order valence-electron chi connectivity index (χ1n) is 11.1. The number of nitrogens with zero attached hydrogens (tertiary/aromatic N) is 4. The molecule has 0 spiro atoms. The zero-order valence-corrected chi connectivity index (χ0v) is 21.0. The van der Waals surface area contributed by atoms with Gasteiger partial charge in [-0.1, -0.05) is 34.7 Å². The molecule has 2 aliphatic heterocycles. The Labute approximate surface area is 211 Å². The molecule has 2 atom stereocenters. The molecular weight excluding hydrogens is 560 g/mol. The van der Waals surface area contributed by atoms with Crippen LogP contribution in [0.1, 0.15) is 18.4 Å². The number of carbonyl (C=O) groups is 3. The van der Waals surface area contributed by atoms with E-state index in [2.05, 4.69) is 27.9 Å². The minimum Gasteiger partial charge on any atom is -0.365 e. The van der Waals surface area contributed by atoms with Crippen LogP contribution in [0.5, 0.6) is 0 Å². The number of urea groups is 1. The van der Waals surface area contributed by atoms with Gasteiger partial charge >= 0.3 is 6.03 Å². The van der Waals surface area contributed by atoms with Gasteiger partial charge in [0.15, 0.2) is 0 Å². The lowest BCUT2D eigenvalue weighted by molar-refractivity contribution is -0.188. The highest BCUT2D eigenvalue weighted by molar-refractivity contribution is 14.1. The number of hydrogen-bond donors (Lipinski definition) is 3. The second-order valence-corrected chi connectivity index (χ2v) is 8.68. The highest BCUT2D eigenvalue weighted by Crippen LogP contribution is 2.28. The summed E-state index contributed by atoms with van der Waals surface area (Å²) in [6.45, 7) is 1.28. The van der Waals surface area contributed by atoms with E-state index in [0.29, 0.717) is 30.5 Å². The van der Waals surface area contributed by atoms with Crippen LogP contribution >= 0.6 is 22.6 Å². The van der Waals surface area contributed by atoms with Crippen molar-refractivity contribution in [2.45, 2.75) is 31.6 Å². The van der Waals surface area contributed by atoms with Gasteiger partial charge in [0, 0.05) is 13.1 Å². The van der Waals surface area contributed by atoms with Crippen molar-refractivity contribution in [3.8, 4) is 0 Å². The number of carbonyl (C=O) groups excluding carboxylic acids is 3. The fourth-order valence-electron chi connectivity index (χ4n) is 4.21. The predicted molar refractivity (Wildman–Crippen MR) is 130 cm³/mol. The molecule has 0 saturated carbocycles. The fourth-order valence-corrected chi connectivity index (χ4v) is 4.78. The third-order valence-corrected chi connectivity index (χ3v) is 6.63. The molecule has 4 amide bonds. The Morgan fingerprint density at radius 1 is 1.24 bits per heavy atom. The number of fused-ring (bicyclic) bond motifs is 1. The summed E-state index contributed by atoms with van der Waals surface area (Å²) in [5, 5.41) is 6.02. The molecule has 0 aliphatic carbocycles. The zero-order valence-electron chi connectivity index (χ0n) is 18.9. The van der Waals surface area contributed by atoms with Crippen LogP contribution in [0.4, 0.5) is 9.18 Å². The van der Waals surface area contributed by atoms with Crippen LogP contribution in [-0.2, 0) is 20.9 Å². The molecular formula is C21H31FIN7O4. The number of nitrogens with one attached hydrogen (secondary N) is 1. The molecule has 0 bridgehead atoms. The molecule has 1 aromatic rings. The van der Waals surface area contributed by atoms with Crippen LogP contribution in [0.15, 0.2) is 24.3 Å². The van der Waals surface area contributed by atoms with Crippen molar-refractivity contribution in [1.82, 2.24) is 25.1 Å².